The van der Waals surface area contributed by atoms with Gasteiger partial charge in [-0.05, 0) is 47.5 Å². The fourth-order valence-electron chi connectivity index (χ4n) is 2.50. The number of benzene rings is 3. The molecule has 0 saturated carbocycles. The average Bonchev–Trinajstić information content (AvgIpc) is 2.74. The molecule has 8 heteroatoms. The smallest absolute Gasteiger partial charge is 0.338 e. The molecule has 8 nitrogen and oxygen atoms in total. The maximum atomic E-state index is 12.0. The zero-order chi connectivity index (χ0) is 21.7. The SMILES string of the molecule is O=C(OCc1ccc(COC(=O)c2ccc(O)c(O)c2)cc1)c1ccc(O)c(O)c1. The van der Waals surface area contributed by atoms with Gasteiger partial charge in [-0.25, -0.2) is 9.59 Å². The van der Waals surface area contributed by atoms with Crippen LogP contribution in [0.1, 0.15) is 31.8 Å². The van der Waals surface area contributed by atoms with Crippen molar-refractivity contribution in [3.8, 4) is 23.0 Å². The Labute approximate surface area is 171 Å². The second-order valence-electron chi connectivity index (χ2n) is 6.38. The molecule has 0 aliphatic heterocycles. The minimum atomic E-state index is -0.652. The van der Waals surface area contributed by atoms with Crippen molar-refractivity contribution in [3.05, 3.63) is 82.9 Å². The van der Waals surface area contributed by atoms with Crippen LogP contribution in [-0.2, 0) is 22.7 Å². The molecule has 0 aromatic heterocycles. The second-order valence-corrected chi connectivity index (χ2v) is 6.38. The summed E-state index contributed by atoms with van der Waals surface area (Å²) < 4.78 is 10.3. The van der Waals surface area contributed by atoms with Gasteiger partial charge in [0, 0.05) is 0 Å². The molecule has 154 valence electrons. The molecule has 3 rings (SSSR count). The van der Waals surface area contributed by atoms with E-state index >= 15 is 0 Å². The van der Waals surface area contributed by atoms with E-state index in [9.17, 15) is 30.0 Å². The summed E-state index contributed by atoms with van der Waals surface area (Å²) in [6.45, 7) is -0.0132. The molecule has 0 unspecified atom stereocenters. The predicted molar refractivity (Wildman–Crippen MR) is 104 cm³/mol. The van der Waals surface area contributed by atoms with Crippen LogP contribution in [0.2, 0.25) is 0 Å². The fourth-order valence-corrected chi connectivity index (χ4v) is 2.50. The summed E-state index contributed by atoms with van der Waals surface area (Å²) in [4.78, 5) is 24.0. The summed E-state index contributed by atoms with van der Waals surface area (Å²) in [7, 11) is 0. The standard InChI is InChI=1S/C22H18O8/c23-17-7-5-15(9-19(17)25)21(27)29-11-13-1-2-14(4-3-13)12-30-22(28)16-6-8-18(24)20(26)10-16/h1-10,23-26H,11-12H2. The summed E-state index contributed by atoms with van der Waals surface area (Å²) in [6, 6.07) is 14.1. The normalized spacial score (nSPS) is 10.4. The molecule has 0 fully saturated rings. The Morgan fingerprint density at radius 3 is 1.27 bits per heavy atom. The zero-order valence-corrected chi connectivity index (χ0v) is 15.6. The Kier molecular flexibility index (Phi) is 6.07. The van der Waals surface area contributed by atoms with E-state index in [-0.39, 0.29) is 35.8 Å². The molecule has 0 bridgehead atoms. The molecule has 0 aliphatic rings. The van der Waals surface area contributed by atoms with Gasteiger partial charge in [0.1, 0.15) is 13.2 Å². The molecule has 0 aliphatic carbocycles. The Bertz CT molecular complexity index is 986. The van der Waals surface area contributed by atoms with Gasteiger partial charge >= 0.3 is 11.9 Å². The van der Waals surface area contributed by atoms with Gasteiger partial charge in [0.2, 0.25) is 0 Å². The van der Waals surface area contributed by atoms with Gasteiger partial charge in [-0.2, -0.15) is 0 Å². The molecule has 0 spiro atoms. The van der Waals surface area contributed by atoms with E-state index in [4.69, 9.17) is 9.47 Å². The molecule has 0 heterocycles. The third kappa shape index (κ3) is 4.99. The highest BCUT2D eigenvalue weighted by Gasteiger charge is 2.12. The van der Waals surface area contributed by atoms with E-state index in [1.165, 1.54) is 24.3 Å². The lowest BCUT2D eigenvalue weighted by Gasteiger charge is -2.08. The van der Waals surface area contributed by atoms with Crippen molar-refractivity contribution in [3.63, 3.8) is 0 Å². The van der Waals surface area contributed by atoms with Gasteiger partial charge < -0.3 is 29.9 Å². The Morgan fingerprint density at radius 1 is 0.567 bits per heavy atom. The number of hydrogen-bond donors (Lipinski definition) is 4. The Morgan fingerprint density at radius 2 is 0.933 bits per heavy atom. The van der Waals surface area contributed by atoms with E-state index in [0.717, 1.165) is 12.1 Å². The first-order chi connectivity index (χ1) is 14.3. The first kappa shape index (κ1) is 20.5. The minimum Gasteiger partial charge on any atom is -0.504 e. The van der Waals surface area contributed by atoms with Crippen LogP contribution in [0.5, 0.6) is 23.0 Å². The Hall–Kier alpha value is -4.20. The lowest BCUT2D eigenvalue weighted by atomic mass is 10.1. The van der Waals surface area contributed by atoms with Gasteiger partial charge in [0.25, 0.3) is 0 Å². The molecule has 0 radical (unpaired) electrons. The first-order valence-electron chi connectivity index (χ1n) is 8.79. The molecule has 3 aromatic rings. The van der Waals surface area contributed by atoms with Crippen molar-refractivity contribution in [2.24, 2.45) is 0 Å². The van der Waals surface area contributed by atoms with Gasteiger partial charge in [-0.1, -0.05) is 24.3 Å². The van der Waals surface area contributed by atoms with Crippen LogP contribution < -0.4 is 0 Å². The maximum Gasteiger partial charge on any atom is 0.338 e. The van der Waals surface area contributed by atoms with Crippen molar-refractivity contribution >= 4 is 11.9 Å². The summed E-state index contributed by atoms with van der Waals surface area (Å²) in [5, 5.41) is 37.4. The quantitative estimate of drug-likeness (QED) is 0.360. The van der Waals surface area contributed by atoms with Crippen LogP contribution in [0.4, 0.5) is 0 Å². The van der Waals surface area contributed by atoms with Crippen LogP contribution in [0, 0.1) is 0 Å². The fraction of sp³-hybridized carbons (Fsp3) is 0.0909. The lowest BCUT2D eigenvalue weighted by Crippen LogP contribution is -2.06. The summed E-state index contributed by atoms with van der Waals surface area (Å²) in [6.07, 6.45) is 0. The molecule has 0 saturated heterocycles. The molecule has 0 atom stereocenters. The van der Waals surface area contributed by atoms with E-state index in [1.807, 2.05) is 0 Å². The topological polar surface area (TPSA) is 134 Å². The largest absolute Gasteiger partial charge is 0.504 e. The number of phenols is 4. The average molecular weight is 410 g/mol. The lowest BCUT2D eigenvalue weighted by molar-refractivity contribution is 0.0460. The van der Waals surface area contributed by atoms with Crippen molar-refractivity contribution in [2.75, 3.05) is 0 Å². The number of carbonyl (C=O) groups is 2. The van der Waals surface area contributed by atoms with Crippen molar-refractivity contribution in [1.82, 2.24) is 0 Å². The highest BCUT2D eigenvalue weighted by molar-refractivity contribution is 5.90. The monoisotopic (exact) mass is 410 g/mol. The number of ether oxygens (including phenoxy) is 2. The zero-order valence-electron chi connectivity index (χ0n) is 15.6. The highest BCUT2D eigenvalue weighted by atomic mass is 16.5. The second kappa shape index (κ2) is 8.87. The van der Waals surface area contributed by atoms with Crippen LogP contribution in [-0.4, -0.2) is 32.4 Å². The van der Waals surface area contributed by atoms with Crippen LogP contribution in [0.3, 0.4) is 0 Å². The summed E-state index contributed by atoms with van der Waals surface area (Å²) in [5.41, 5.74) is 1.61. The van der Waals surface area contributed by atoms with Crippen molar-refractivity contribution in [1.29, 1.82) is 0 Å². The van der Waals surface area contributed by atoms with E-state index in [1.54, 1.807) is 24.3 Å². The van der Waals surface area contributed by atoms with Gasteiger partial charge in [0.15, 0.2) is 23.0 Å². The number of hydrogen-bond acceptors (Lipinski definition) is 8. The predicted octanol–water partition coefficient (Wildman–Crippen LogP) is 3.22. The number of rotatable bonds is 6. The minimum absolute atomic E-state index is 0.00662. The summed E-state index contributed by atoms with van der Waals surface area (Å²) in [5.74, 6) is -2.78. The van der Waals surface area contributed by atoms with Crippen molar-refractivity contribution < 1.29 is 39.5 Å². The first-order valence-corrected chi connectivity index (χ1v) is 8.79. The van der Waals surface area contributed by atoms with Crippen LogP contribution in [0.15, 0.2) is 60.7 Å². The van der Waals surface area contributed by atoms with Crippen LogP contribution >= 0.6 is 0 Å². The van der Waals surface area contributed by atoms with Gasteiger partial charge in [-0.3, -0.25) is 0 Å². The Balaban J connectivity index is 1.52. The van der Waals surface area contributed by atoms with E-state index < -0.39 is 23.4 Å². The highest BCUT2D eigenvalue weighted by Crippen LogP contribution is 2.26. The van der Waals surface area contributed by atoms with Crippen molar-refractivity contribution in [2.45, 2.75) is 13.2 Å². The molecule has 30 heavy (non-hydrogen) atoms. The molecule has 3 aromatic carbocycles. The van der Waals surface area contributed by atoms with E-state index in [0.29, 0.717) is 11.1 Å². The van der Waals surface area contributed by atoms with E-state index in [2.05, 4.69) is 0 Å². The van der Waals surface area contributed by atoms with Gasteiger partial charge in [-0.15, -0.1) is 0 Å². The molecular formula is C22H18O8. The third-order valence-corrected chi connectivity index (χ3v) is 4.19. The maximum absolute atomic E-state index is 12.0. The van der Waals surface area contributed by atoms with Crippen LogP contribution in [0.25, 0.3) is 0 Å². The number of esters is 2. The summed E-state index contributed by atoms with van der Waals surface area (Å²) >= 11 is 0. The van der Waals surface area contributed by atoms with Gasteiger partial charge in [0.05, 0.1) is 11.1 Å². The third-order valence-electron chi connectivity index (χ3n) is 4.19. The molecular weight excluding hydrogens is 392 g/mol. The molecule has 4 N–H and O–H groups in total. The number of phenolic OH excluding ortho intramolecular Hbond substituents is 4. The molecule has 0 amide bonds. The number of aromatic hydroxyl groups is 4. The number of carbonyl (C=O) groups excluding carboxylic acids is 2.